The van der Waals surface area contributed by atoms with Crippen molar-refractivity contribution in [3.05, 3.63) is 87.0 Å². The molecule has 0 aliphatic rings. The van der Waals surface area contributed by atoms with Gasteiger partial charge in [-0.25, -0.2) is 4.68 Å². The van der Waals surface area contributed by atoms with Crippen molar-refractivity contribution in [2.45, 2.75) is 20.3 Å². The SMILES string of the molecule is Cc1ccc(Cc2ccc(C(=O)Nc3ccc(=O)n(C)n3)nc2)cc1C. The number of carbonyl (C=O) groups is 1. The molecule has 26 heavy (non-hydrogen) atoms. The van der Waals surface area contributed by atoms with Gasteiger partial charge in [-0.1, -0.05) is 24.3 Å². The van der Waals surface area contributed by atoms with E-state index < -0.39 is 0 Å². The lowest BCUT2D eigenvalue weighted by atomic mass is 10.0. The van der Waals surface area contributed by atoms with E-state index in [1.807, 2.05) is 6.07 Å². The van der Waals surface area contributed by atoms with Gasteiger partial charge < -0.3 is 5.32 Å². The molecule has 0 radical (unpaired) electrons. The van der Waals surface area contributed by atoms with Gasteiger partial charge in [0.1, 0.15) is 5.69 Å². The quantitative estimate of drug-likeness (QED) is 0.786. The Morgan fingerprint density at radius 2 is 1.81 bits per heavy atom. The minimum Gasteiger partial charge on any atom is -0.304 e. The van der Waals surface area contributed by atoms with Crippen molar-refractivity contribution in [2.24, 2.45) is 7.05 Å². The van der Waals surface area contributed by atoms with E-state index in [9.17, 15) is 9.59 Å². The van der Waals surface area contributed by atoms with Crippen LogP contribution >= 0.6 is 0 Å². The molecule has 0 atom stereocenters. The van der Waals surface area contributed by atoms with E-state index in [0.717, 1.165) is 16.7 Å². The van der Waals surface area contributed by atoms with E-state index in [4.69, 9.17) is 0 Å². The lowest BCUT2D eigenvalue weighted by Crippen LogP contribution is -2.22. The first-order valence-electron chi connectivity index (χ1n) is 8.29. The predicted octanol–water partition coefficient (Wildman–Crippen LogP) is 2.64. The van der Waals surface area contributed by atoms with E-state index in [1.54, 1.807) is 12.3 Å². The van der Waals surface area contributed by atoms with Gasteiger partial charge in [-0.2, -0.15) is 5.10 Å². The molecule has 0 saturated carbocycles. The lowest BCUT2D eigenvalue weighted by Gasteiger charge is -2.07. The second-order valence-corrected chi connectivity index (χ2v) is 6.28. The zero-order valence-electron chi connectivity index (χ0n) is 15.0. The van der Waals surface area contributed by atoms with Crippen molar-refractivity contribution >= 4 is 11.7 Å². The molecule has 0 fully saturated rings. The summed E-state index contributed by atoms with van der Waals surface area (Å²) >= 11 is 0. The van der Waals surface area contributed by atoms with Crippen LogP contribution in [0.5, 0.6) is 0 Å². The molecule has 2 heterocycles. The monoisotopic (exact) mass is 348 g/mol. The highest BCUT2D eigenvalue weighted by atomic mass is 16.2. The molecular formula is C20H20N4O2. The Morgan fingerprint density at radius 1 is 1.04 bits per heavy atom. The number of anilines is 1. The zero-order chi connectivity index (χ0) is 18.7. The van der Waals surface area contributed by atoms with Crippen molar-refractivity contribution in [2.75, 3.05) is 5.32 Å². The maximum Gasteiger partial charge on any atom is 0.275 e. The Bertz CT molecular complexity index is 1010. The molecule has 2 aromatic heterocycles. The highest BCUT2D eigenvalue weighted by molar-refractivity contribution is 6.02. The van der Waals surface area contributed by atoms with Gasteiger partial charge in [0.2, 0.25) is 0 Å². The molecule has 0 spiro atoms. The first-order chi connectivity index (χ1) is 12.4. The van der Waals surface area contributed by atoms with Gasteiger partial charge in [0.25, 0.3) is 11.5 Å². The molecule has 3 aromatic rings. The normalized spacial score (nSPS) is 10.6. The molecule has 1 aromatic carbocycles. The van der Waals surface area contributed by atoms with Gasteiger partial charge >= 0.3 is 0 Å². The molecule has 6 heteroatoms. The molecule has 0 saturated heterocycles. The number of carbonyl (C=O) groups excluding carboxylic acids is 1. The molecule has 1 N–H and O–H groups in total. The van der Waals surface area contributed by atoms with Crippen molar-refractivity contribution < 1.29 is 4.79 Å². The molecule has 6 nitrogen and oxygen atoms in total. The molecule has 0 bridgehead atoms. The van der Waals surface area contributed by atoms with Gasteiger partial charge in [0.15, 0.2) is 5.82 Å². The fraction of sp³-hybridized carbons (Fsp3) is 0.200. The Kier molecular flexibility index (Phi) is 4.93. The summed E-state index contributed by atoms with van der Waals surface area (Å²) in [6.07, 6.45) is 2.47. The number of amides is 1. The summed E-state index contributed by atoms with van der Waals surface area (Å²) in [5, 5.41) is 6.61. The third-order valence-corrected chi connectivity index (χ3v) is 4.24. The number of pyridine rings is 1. The van der Waals surface area contributed by atoms with Crippen LogP contribution in [0.1, 0.15) is 32.7 Å². The average Bonchev–Trinajstić information content (AvgIpc) is 2.62. The molecule has 132 valence electrons. The van der Waals surface area contributed by atoms with Crippen LogP contribution in [0.2, 0.25) is 0 Å². The summed E-state index contributed by atoms with van der Waals surface area (Å²) in [6.45, 7) is 4.19. The molecule has 0 unspecified atom stereocenters. The number of aryl methyl sites for hydroxylation is 3. The lowest BCUT2D eigenvalue weighted by molar-refractivity contribution is 0.102. The Balaban J connectivity index is 1.70. The van der Waals surface area contributed by atoms with Crippen LogP contribution in [0.15, 0.2) is 53.5 Å². The number of benzene rings is 1. The summed E-state index contributed by atoms with van der Waals surface area (Å²) < 4.78 is 1.16. The van der Waals surface area contributed by atoms with Crippen molar-refractivity contribution in [1.29, 1.82) is 0 Å². The number of hydrogen-bond donors (Lipinski definition) is 1. The molecule has 0 aliphatic carbocycles. The minimum absolute atomic E-state index is 0.239. The van der Waals surface area contributed by atoms with E-state index in [1.165, 1.54) is 35.9 Å². The van der Waals surface area contributed by atoms with Crippen LogP contribution in [0.25, 0.3) is 0 Å². The number of rotatable bonds is 4. The van der Waals surface area contributed by atoms with Crippen molar-refractivity contribution in [3.63, 3.8) is 0 Å². The molecule has 0 aliphatic heterocycles. The van der Waals surface area contributed by atoms with Crippen molar-refractivity contribution in [3.8, 4) is 0 Å². The smallest absolute Gasteiger partial charge is 0.275 e. The Labute approximate surface area is 151 Å². The molecule has 3 rings (SSSR count). The first kappa shape index (κ1) is 17.5. The van der Waals surface area contributed by atoms with Gasteiger partial charge in [-0.3, -0.25) is 14.6 Å². The van der Waals surface area contributed by atoms with E-state index >= 15 is 0 Å². The summed E-state index contributed by atoms with van der Waals surface area (Å²) in [4.78, 5) is 27.8. The van der Waals surface area contributed by atoms with E-state index in [2.05, 4.69) is 47.4 Å². The topological polar surface area (TPSA) is 76.9 Å². The fourth-order valence-corrected chi connectivity index (χ4v) is 2.56. The number of nitrogens with one attached hydrogen (secondary N) is 1. The zero-order valence-corrected chi connectivity index (χ0v) is 15.0. The predicted molar refractivity (Wildman–Crippen MR) is 100 cm³/mol. The fourth-order valence-electron chi connectivity index (χ4n) is 2.56. The molecule has 1 amide bonds. The van der Waals surface area contributed by atoms with Gasteiger partial charge in [-0.15, -0.1) is 0 Å². The molecular weight excluding hydrogens is 328 g/mol. The van der Waals surface area contributed by atoms with Crippen LogP contribution in [-0.4, -0.2) is 20.7 Å². The van der Waals surface area contributed by atoms with Gasteiger partial charge in [0.05, 0.1) is 0 Å². The summed E-state index contributed by atoms with van der Waals surface area (Å²) in [5.74, 6) is -0.0630. The first-order valence-corrected chi connectivity index (χ1v) is 8.29. The third-order valence-electron chi connectivity index (χ3n) is 4.24. The number of nitrogens with zero attached hydrogens (tertiary/aromatic N) is 3. The Morgan fingerprint density at radius 3 is 2.46 bits per heavy atom. The van der Waals surface area contributed by atoms with Crippen LogP contribution in [-0.2, 0) is 13.5 Å². The van der Waals surface area contributed by atoms with Crippen LogP contribution in [0.4, 0.5) is 5.82 Å². The largest absolute Gasteiger partial charge is 0.304 e. The average molecular weight is 348 g/mol. The van der Waals surface area contributed by atoms with E-state index in [0.29, 0.717) is 11.5 Å². The van der Waals surface area contributed by atoms with Gasteiger partial charge in [-0.05, 0) is 54.7 Å². The number of hydrogen-bond acceptors (Lipinski definition) is 4. The second kappa shape index (κ2) is 7.31. The van der Waals surface area contributed by atoms with Crippen LogP contribution in [0, 0.1) is 13.8 Å². The maximum atomic E-state index is 12.3. The maximum absolute atomic E-state index is 12.3. The summed E-state index contributed by atoms with van der Waals surface area (Å²) in [7, 11) is 1.53. The number of aromatic nitrogens is 3. The third kappa shape index (κ3) is 4.03. The standard InChI is InChI=1S/C20H20N4O2/c1-13-4-5-15(10-14(13)2)11-16-6-7-17(21-12-16)20(26)22-18-8-9-19(25)24(3)23-18/h4-10,12H,11H2,1-3H3,(H,22,23,26). The van der Waals surface area contributed by atoms with Crippen LogP contribution < -0.4 is 10.9 Å². The minimum atomic E-state index is -0.367. The Hall–Kier alpha value is -3.28. The van der Waals surface area contributed by atoms with Crippen LogP contribution in [0.3, 0.4) is 0 Å². The highest BCUT2D eigenvalue weighted by Crippen LogP contribution is 2.14. The van der Waals surface area contributed by atoms with E-state index in [-0.39, 0.29) is 11.5 Å². The second-order valence-electron chi connectivity index (χ2n) is 6.28. The summed E-state index contributed by atoms with van der Waals surface area (Å²) in [6, 6.07) is 12.8. The van der Waals surface area contributed by atoms with Crippen molar-refractivity contribution in [1.82, 2.24) is 14.8 Å². The van der Waals surface area contributed by atoms with Gasteiger partial charge in [0, 0.05) is 19.3 Å². The summed E-state index contributed by atoms with van der Waals surface area (Å²) in [5.41, 5.74) is 4.83. The highest BCUT2D eigenvalue weighted by Gasteiger charge is 2.09.